The van der Waals surface area contributed by atoms with E-state index in [0.717, 1.165) is 18.4 Å². The maximum Gasteiger partial charge on any atom is 0.243 e. The van der Waals surface area contributed by atoms with Crippen LogP contribution in [0.5, 0.6) is 0 Å². The molecule has 3 nitrogen and oxygen atoms in total. The molecule has 0 N–H and O–H groups in total. The second-order valence-electron chi connectivity index (χ2n) is 9.88. The highest BCUT2D eigenvalue weighted by molar-refractivity contribution is 7.89. The number of aryl methyl sites for hydroxylation is 1. The van der Waals surface area contributed by atoms with Crippen molar-refractivity contribution < 1.29 is 8.42 Å². The first-order valence-corrected chi connectivity index (χ1v) is 14.9. The van der Waals surface area contributed by atoms with Gasteiger partial charge in [-0.2, -0.15) is 4.31 Å². The van der Waals surface area contributed by atoms with Crippen molar-refractivity contribution in [3.8, 4) is 0 Å². The van der Waals surface area contributed by atoms with Gasteiger partial charge in [0.1, 0.15) is 8.07 Å². The van der Waals surface area contributed by atoms with Gasteiger partial charge in [0, 0.05) is 12.2 Å². The maximum absolute atomic E-state index is 13.9. The molecular weight excluding hydrogens is 430 g/mol. The molecule has 0 unspecified atom stereocenters. The van der Waals surface area contributed by atoms with Crippen LogP contribution < -0.4 is 10.4 Å². The van der Waals surface area contributed by atoms with Crippen molar-refractivity contribution in [3.63, 3.8) is 0 Å². The van der Waals surface area contributed by atoms with Crippen LogP contribution in [0.4, 0.5) is 0 Å². The smallest absolute Gasteiger partial charge is 0.207 e. The fourth-order valence-corrected chi connectivity index (χ4v) is 14.5. The molecule has 0 saturated carbocycles. The molecule has 1 aliphatic rings. The lowest BCUT2D eigenvalue weighted by atomic mass is 10.2. The summed E-state index contributed by atoms with van der Waals surface area (Å²) in [7, 11) is -6.18. The molecule has 32 heavy (non-hydrogen) atoms. The molecule has 3 aromatic rings. The van der Waals surface area contributed by atoms with Gasteiger partial charge in [-0.3, -0.25) is 0 Å². The van der Waals surface area contributed by atoms with E-state index >= 15 is 0 Å². The highest BCUT2D eigenvalue weighted by atomic mass is 32.2. The standard InChI is InChI=1S/C27H33NO2SSi/c1-22-17-19-23(20-18-22)31(29,30)28-21-11-16-26(28)32(27(2,3)4,24-12-7-5-8-13-24)25-14-9-6-10-15-25/h5-10,12-15,17-20,26H,11,16,21H2,1-4H3/t26-/m0/s1. The van der Waals surface area contributed by atoms with Crippen LogP contribution in [0.1, 0.15) is 39.2 Å². The number of sulfonamides is 1. The van der Waals surface area contributed by atoms with Crippen molar-refractivity contribution >= 4 is 28.5 Å². The van der Waals surface area contributed by atoms with Gasteiger partial charge in [-0.25, -0.2) is 8.42 Å². The fourth-order valence-electron chi connectivity index (χ4n) is 5.63. The molecule has 0 aromatic heterocycles. The van der Waals surface area contributed by atoms with Crippen LogP contribution in [0.25, 0.3) is 0 Å². The van der Waals surface area contributed by atoms with Crippen LogP contribution in [0.2, 0.25) is 5.04 Å². The van der Waals surface area contributed by atoms with E-state index in [0.29, 0.717) is 11.4 Å². The summed E-state index contributed by atoms with van der Waals surface area (Å²) < 4.78 is 29.7. The molecule has 1 atom stereocenters. The Labute approximate surface area is 194 Å². The number of hydrogen-bond donors (Lipinski definition) is 0. The Balaban J connectivity index is 1.96. The summed E-state index contributed by atoms with van der Waals surface area (Å²) in [6.45, 7) is 9.46. The quantitative estimate of drug-likeness (QED) is 0.512. The lowest BCUT2D eigenvalue weighted by molar-refractivity contribution is 0.441. The molecule has 1 saturated heterocycles. The Morgan fingerprint density at radius 1 is 0.812 bits per heavy atom. The third-order valence-corrected chi connectivity index (χ3v) is 15.5. The predicted molar refractivity (Wildman–Crippen MR) is 136 cm³/mol. The molecular formula is C27H33NO2SSi. The monoisotopic (exact) mass is 463 g/mol. The Morgan fingerprint density at radius 3 is 1.78 bits per heavy atom. The van der Waals surface area contributed by atoms with Gasteiger partial charge in [0.05, 0.1) is 4.90 Å². The van der Waals surface area contributed by atoms with Crippen molar-refractivity contribution in [1.82, 2.24) is 4.31 Å². The Kier molecular flexibility index (Phi) is 6.18. The van der Waals surface area contributed by atoms with Gasteiger partial charge >= 0.3 is 0 Å². The molecule has 168 valence electrons. The van der Waals surface area contributed by atoms with E-state index in [1.807, 2.05) is 35.5 Å². The summed E-state index contributed by atoms with van der Waals surface area (Å²) in [4.78, 5) is 0.396. The average molecular weight is 464 g/mol. The van der Waals surface area contributed by atoms with Gasteiger partial charge in [0.15, 0.2) is 0 Å². The summed E-state index contributed by atoms with van der Waals surface area (Å²) in [5, 5.41) is 2.51. The van der Waals surface area contributed by atoms with Crippen LogP contribution in [-0.2, 0) is 10.0 Å². The van der Waals surface area contributed by atoms with Crippen molar-refractivity contribution in [2.75, 3.05) is 6.54 Å². The van der Waals surface area contributed by atoms with Gasteiger partial charge < -0.3 is 0 Å². The molecule has 3 aromatic carbocycles. The zero-order valence-corrected chi connectivity index (χ0v) is 21.3. The lowest BCUT2D eigenvalue weighted by Crippen LogP contribution is -2.74. The van der Waals surface area contributed by atoms with Crippen molar-refractivity contribution in [2.24, 2.45) is 0 Å². The molecule has 1 heterocycles. The SMILES string of the molecule is Cc1ccc(S(=O)(=O)N2CCC[C@@H]2[Si](c2ccccc2)(c2ccccc2)C(C)(C)C)cc1. The summed E-state index contributed by atoms with van der Waals surface area (Å²) >= 11 is 0. The fraction of sp³-hybridized carbons (Fsp3) is 0.333. The molecule has 4 rings (SSSR count). The molecule has 5 heteroatoms. The Bertz CT molecular complexity index is 1110. The zero-order valence-electron chi connectivity index (χ0n) is 19.5. The first-order valence-electron chi connectivity index (χ1n) is 11.4. The van der Waals surface area contributed by atoms with E-state index in [-0.39, 0.29) is 10.7 Å². The lowest BCUT2D eigenvalue weighted by Gasteiger charge is -2.50. The topological polar surface area (TPSA) is 37.4 Å². The number of nitrogens with zero attached hydrogens (tertiary/aromatic N) is 1. The molecule has 0 aliphatic carbocycles. The summed E-state index contributed by atoms with van der Waals surface area (Å²) in [5.41, 5.74) is 1.02. The highest BCUT2D eigenvalue weighted by Gasteiger charge is 2.58. The normalized spacial score (nSPS) is 18.1. The van der Waals surface area contributed by atoms with Crippen LogP contribution in [0.15, 0.2) is 89.8 Å². The number of benzene rings is 3. The second kappa shape index (κ2) is 8.62. The maximum atomic E-state index is 13.9. The average Bonchev–Trinajstić information content (AvgIpc) is 3.26. The van der Waals surface area contributed by atoms with Gasteiger partial charge in [-0.15, -0.1) is 0 Å². The number of rotatable bonds is 5. The largest absolute Gasteiger partial charge is 0.243 e. The Hall–Kier alpha value is -2.21. The molecule has 0 bridgehead atoms. The van der Waals surface area contributed by atoms with E-state index in [1.54, 1.807) is 12.1 Å². The van der Waals surface area contributed by atoms with Crippen molar-refractivity contribution in [2.45, 2.75) is 56.1 Å². The summed E-state index contributed by atoms with van der Waals surface area (Å²) in [5.74, 6) is 0. The van der Waals surface area contributed by atoms with E-state index in [1.165, 1.54) is 10.4 Å². The van der Waals surface area contributed by atoms with Crippen LogP contribution in [0, 0.1) is 6.92 Å². The summed E-state index contributed by atoms with van der Waals surface area (Å²) in [6.07, 6.45) is 1.78. The zero-order chi connectivity index (χ0) is 23.0. The van der Waals surface area contributed by atoms with E-state index in [9.17, 15) is 8.42 Å². The highest BCUT2D eigenvalue weighted by Crippen LogP contribution is 2.44. The molecule has 0 spiro atoms. The predicted octanol–water partition coefficient (Wildman–Crippen LogP) is 4.75. The minimum absolute atomic E-state index is 0.0430. The van der Waals surface area contributed by atoms with Crippen molar-refractivity contribution in [3.05, 3.63) is 90.5 Å². The minimum atomic E-state index is -3.60. The van der Waals surface area contributed by atoms with E-state index in [4.69, 9.17) is 0 Å². The first-order chi connectivity index (χ1) is 15.2. The molecule has 1 aliphatic heterocycles. The first kappa shape index (κ1) is 23.0. The van der Waals surface area contributed by atoms with E-state index < -0.39 is 18.1 Å². The van der Waals surface area contributed by atoms with Gasteiger partial charge in [0.2, 0.25) is 10.0 Å². The van der Waals surface area contributed by atoms with Crippen LogP contribution >= 0.6 is 0 Å². The van der Waals surface area contributed by atoms with Crippen molar-refractivity contribution in [1.29, 1.82) is 0 Å². The Morgan fingerprint density at radius 2 is 1.31 bits per heavy atom. The molecule has 1 fully saturated rings. The molecule has 0 radical (unpaired) electrons. The van der Waals surface area contributed by atoms with Gasteiger partial charge in [-0.05, 0) is 36.9 Å². The third-order valence-electron chi connectivity index (χ3n) is 6.97. The van der Waals surface area contributed by atoms with Crippen LogP contribution in [0.3, 0.4) is 0 Å². The second-order valence-corrected chi connectivity index (χ2v) is 16.7. The minimum Gasteiger partial charge on any atom is -0.207 e. The van der Waals surface area contributed by atoms with Gasteiger partial charge in [0.25, 0.3) is 0 Å². The summed E-state index contributed by atoms with van der Waals surface area (Å²) in [6, 6.07) is 28.7. The molecule has 0 amide bonds. The number of hydrogen-bond acceptors (Lipinski definition) is 2. The van der Waals surface area contributed by atoms with E-state index in [2.05, 4.69) is 69.3 Å². The third kappa shape index (κ3) is 3.76. The van der Waals surface area contributed by atoms with Crippen LogP contribution in [-0.4, -0.2) is 33.0 Å². The van der Waals surface area contributed by atoms with Gasteiger partial charge in [-0.1, -0.05) is 110 Å².